The molecule has 186 valence electrons. The van der Waals surface area contributed by atoms with Gasteiger partial charge in [0.25, 0.3) is 10.0 Å². The number of carbonyl (C=O) groups excluding carboxylic acids is 1. The molecule has 0 radical (unpaired) electrons. The van der Waals surface area contributed by atoms with Crippen LogP contribution in [0, 0.1) is 19.7 Å². The number of aryl methyl sites for hydroxylation is 2. The summed E-state index contributed by atoms with van der Waals surface area (Å²) in [6.45, 7) is 2.99. The van der Waals surface area contributed by atoms with Gasteiger partial charge in [-0.15, -0.1) is 0 Å². The van der Waals surface area contributed by atoms with E-state index in [9.17, 15) is 26.0 Å². The average Bonchev–Trinajstić information content (AvgIpc) is 2.76. The van der Waals surface area contributed by atoms with Crippen molar-refractivity contribution in [3.8, 4) is 0 Å². The molecule has 1 amide bonds. The van der Waals surface area contributed by atoms with Crippen LogP contribution in [0.2, 0.25) is 5.02 Å². The van der Waals surface area contributed by atoms with Gasteiger partial charge in [-0.2, -0.15) is 0 Å². The van der Waals surface area contributed by atoms with Gasteiger partial charge in [-0.3, -0.25) is 13.8 Å². The Morgan fingerprint density at radius 2 is 1.57 bits per heavy atom. The summed E-state index contributed by atoms with van der Waals surface area (Å²) in [6.07, 6.45) is 0.903. The first-order valence-electron chi connectivity index (χ1n) is 10.2. The van der Waals surface area contributed by atoms with Crippen LogP contribution < -0.4 is 14.3 Å². The molecule has 0 spiro atoms. The fourth-order valence-electron chi connectivity index (χ4n) is 3.26. The van der Waals surface area contributed by atoms with Gasteiger partial charge in [0.2, 0.25) is 15.9 Å². The van der Waals surface area contributed by atoms with Gasteiger partial charge in [0.05, 0.1) is 27.5 Å². The van der Waals surface area contributed by atoms with E-state index in [4.69, 9.17) is 11.6 Å². The molecule has 3 rings (SSSR count). The molecule has 8 nitrogen and oxygen atoms in total. The van der Waals surface area contributed by atoms with E-state index in [2.05, 4.69) is 10.0 Å². The largest absolute Gasteiger partial charge is 0.325 e. The van der Waals surface area contributed by atoms with Gasteiger partial charge in [-0.05, 0) is 67.4 Å². The van der Waals surface area contributed by atoms with E-state index >= 15 is 0 Å². The van der Waals surface area contributed by atoms with Gasteiger partial charge in [0.15, 0.2) is 0 Å². The van der Waals surface area contributed by atoms with Crippen molar-refractivity contribution in [3.63, 3.8) is 0 Å². The van der Waals surface area contributed by atoms with Gasteiger partial charge < -0.3 is 5.32 Å². The molecular weight excluding hydrogens is 517 g/mol. The quantitative estimate of drug-likeness (QED) is 0.443. The lowest BCUT2D eigenvalue weighted by molar-refractivity contribution is -0.114. The van der Waals surface area contributed by atoms with Crippen LogP contribution in [0.4, 0.5) is 21.5 Å². The third kappa shape index (κ3) is 6.50. The standard InChI is InChI=1S/C23H23ClFN3O5S2/c1-15-5-4-6-16(2)23(15)27-35(32,33)19-10-7-17(8-11-19)26-22(29)14-28(34(3,30)31)18-9-12-21(25)20(24)13-18/h4-13,27H,14H2,1-3H3,(H,26,29). The van der Waals surface area contributed by atoms with Crippen molar-refractivity contribution in [1.82, 2.24) is 0 Å². The van der Waals surface area contributed by atoms with E-state index in [-0.39, 0.29) is 21.3 Å². The highest BCUT2D eigenvalue weighted by Gasteiger charge is 2.22. The highest BCUT2D eigenvalue weighted by atomic mass is 35.5. The van der Waals surface area contributed by atoms with Crippen LogP contribution in [0.15, 0.2) is 65.6 Å². The molecule has 12 heteroatoms. The average molecular weight is 540 g/mol. The second-order valence-electron chi connectivity index (χ2n) is 7.81. The zero-order chi connectivity index (χ0) is 26.0. The van der Waals surface area contributed by atoms with Crippen LogP contribution in [0.5, 0.6) is 0 Å². The summed E-state index contributed by atoms with van der Waals surface area (Å²) >= 11 is 5.74. The van der Waals surface area contributed by atoms with Crippen molar-refractivity contribution in [2.45, 2.75) is 18.7 Å². The van der Waals surface area contributed by atoms with Crippen molar-refractivity contribution >= 4 is 54.6 Å². The Balaban J connectivity index is 1.75. The van der Waals surface area contributed by atoms with Gasteiger partial charge >= 0.3 is 0 Å². The third-order valence-electron chi connectivity index (χ3n) is 5.04. The fourth-order valence-corrected chi connectivity index (χ4v) is 5.48. The molecule has 0 aliphatic heterocycles. The van der Waals surface area contributed by atoms with Crippen LogP contribution in [-0.2, 0) is 24.8 Å². The predicted octanol–water partition coefficient (Wildman–Crippen LogP) is 4.30. The number of halogens is 2. The summed E-state index contributed by atoms with van der Waals surface area (Å²) in [5.74, 6) is -1.42. The maximum Gasteiger partial charge on any atom is 0.261 e. The third-order valence-corrected chi connectivity index (χ3v) is 7.84. The Morgan fingerprint density at radius 1 is 0.971 bits per heavy atom. The molecule has 2 N–H and O–H groups in total. The molecule has 0 atom stereocenters. The molecule has 0 unspecified atom stereocenters. The van der Waals surface area contributed by atoms with Gasteiger partial charge in [0.1, 0.15) is 12.4 Å². The van der Waals surface area contributed by atoms with E-state index in [0.717, 1.165) is 33.8 Å². The van der Waals surface area contributed by atoms with E-state index < -0.39 is 38.3 Å². The summed E-state index contributed by atoms with van der Waals surface area (Å²) in [7, 11) is -7.77. The molecule has 0 heterocycles. The minimum Gasteiger partial charge on any atom is -0.325 e. The fraction of sp³-hybridized carbons (Fsp3) is 0.174. The summed E-state index contributed by atoms with van der Waals surface area (Å²) in [6, 6.07) is 14.1. The molecular formula is C23H23ClFN3O5S2. The number of nitrogens with one attached hydrogen (secondary N) is 2. The Kier molecular flexibility index (Phi) is 7.73. The number of benzene rings is 3. The Morgan fingerprint density at radius 3 is 2.11 bits per heavy atom. The molecule has 0 saturated carbocycles. The monoisotopic (exact) mass is 539 g/mol. The minimum atomic E-state index is -3.89. The van der Waals surface area contributed by atoms with Crippen molar-refractivity contribution in [3.05, 3.63) is 82.6 Å². The van der Waals surface area contributed by atoms with Crippen molar-refractivity contribution in [1.29, 1.82) is 0 Å². The first-order chi connectivity index (χ1) is 16.3. The first-order valence-corrected chi connectivity index (χ1v) is 13.9. The molecule has 0 bridgehead atoms. The Bertz CT molecular complexity index is 1460. The van der Waals surface area contributed by atoms with E-state index in [0.29, 0.717) is 5.69 Å². The topological polar surface area (TPSA) is 113 Å². The van der Waals surface area contributed by atoms with Crippen molar-refractivity contribution in [2.24, 2.45) is 0 Å². The van der Waals surface area contributed by atoms with Crippen LogP contribution in [0.3, 0.4) is 0 Å². The number of rotatable bonds is 8. The number of sulfonamides is 2. The first kappa shape index (κ1) is 26.5. The number of amides is 1. The zero-order valence-corrected chi connectivity index (χ0v) is 21.4. The number of hydrogen-bond donors (Lipinski definition) is 2. The Labute approximate surface area is 208 Å². The molecule has 0 saturated heterocycles. The van der Waals surface area contributed by atoms with E-state index in [1.54, 1.807) is 26.0 Å². The van der Waals surface area contributed by atoms with Gasteiger partial charge in [-0.25, -0.2) is 21.2 Å². The molecule has 0 fully saturated rings. The van der Waals surface area contributed by atoms with E-state index in [1.165, 1.54) is 30.3 Å². The SMILES string of the molecule is Cc1cccc(C)c1NS(=O)(=O)c1ccc(NC(=O)CN(c2ccc(F)c(Cl)c2)S(C)(=O)=O)cc1. The maximum atomic E-state index is 13.5. The highest BCUT2D eigenvalue weighted by molar-refractivity contribution is 7.92. The molecule has 0 aromatic heterocycles. The van der Waals surface area contributed by atoms with Gasteiger partial charge in [0, 0.05) is 5.69 Å². The second kappa shape index (κ2) is 10.2. The molecule has 0 aliphatic carbocycles. The van der Waals surface area contributed by atoms with Crippen LogP contribution >= 0.6 is 11.6 Å². The highest BCUT2D eigenvalue weighted by Crippen LogP contribution is 2.26. The summed E-state index contributed by atoms with van der Waals surface area (Å²) < 4.78 is 66.8. The summed E-state index contributed by atoms with van der Waals surface area (Å²) in [5, 5.41) is 2.23. The summed E-state index contributed by atoms with van der Waals surface area (Å²) in [4.78, 5) is 12.5. The number of nitrogens with zero attached hydrogens (tertiary/aromatic N) is 1. The van der Waals surface area contributed by atoms with E-state index in [1.807, 2.05) is 6.07 Å². The number of anilines is 3. The van der Waals surface area contributed by atoms with Gasteiger partial charge in [-0.1, -0.05) is 29.8 Å². The maximum absolute atomic E-state index is 13.5. The normalized spacial score (nSPS) is 11.7. The molecule has 35 heavy (non-hydrogen) atoms. The lowest BCUT2D eigenvalue weighted by Crippen LogP contribution is -2.37. The predicted molar refractivity (Wildman–Crippen MR) is 135 cm³/mol. The minimum absolute atomic E-state index is 0.0168. The smallest absolute Gasteiger partial charge is 0.261 e. The van der Waals surface area contributed by atoms with Crippen LogP contribution in [0.1, 0.15) is 11.1 Å². The number of carbonyl (C=O) groups is 1. The second-order valence-corrected chi connectivity index (χ2v) is 11.8. The lowest BCUT2D eigenvalue weighted by atomic mass is 10.1. The van der Waals surface area contributed by atoms with Crippen molar-refractivity contribution in [2.75, 3.05) is 27.1 Å². The lowest BCUT2D eigenvalue weighted by Gasteiger charge is -2.22. The number of para-hydroxylation sites is 1. The van der Waals surface area contributed by atoms with Crippen LogP contribution in [-0.4, -0.2) is 35.5 Å². The Hall–Kier alpha value is -3.15. The van der Waals surface area contributed by atoms with Crippen LogP contribution in [0.25, 0.3) is 0 Å². The molecule has 0 aliphatic rings. The summed E-state index contributed by atoms with van der Waals surface area (Å²) in [5.41, 5.74) is 2.32. The van der Waals surface area contributed by atoms with Crippen molar-refractivity contribution < 1.29 is 26.0 Å². The zero-order valence-electron chi connectivity index (χ0n) is 19.0. The number of hydrogen-bond acceptors (Lipinski definition) is 5. The molecule has 3 aromatic carbocycles. The molecule has 3 aromatic rings.